The highest BCUT2D eigenvalue weighted by atomic mass is 32.2. The van der Waals surface area contributed by atoms with Crippen molar-refractivity contribution in [3.05, 3.63) is 29.8 Å². The van der Waals surface area contributed by atoms with Crippen molar-refractivity contribution in [1.82, 2.24) is 5.32 Å². The van der Waals surface area contributed by atoms with E-state index in [9.17, 15) is 0 Å². The zero-order valence-corrected chi connectivity index (χ0v) is 13.0. The number of ether oxygens (including phenoxy) is 2. The van der Waals surface area contributed by atoms with Crippen LogP contribution in [0.4, 0.5) is 0 Å². The van der Waals surface area contributed by atoms with Gasteiger partial charge in [0.25, 0.3) is 0 Å². The summed E-state index contributed by atoms with van der Waals surface area (Å²) in [5, 5.41) is 3.96. The van der Waals surface area contributed by atoms with Gasteiger partial charge in [-0.1, -0.05) is 17.7 Å². The average molecular weight is 293 g/mol. The smallest absolute Gasteiger partial charge is 0.169 e. The van der Waals surface area contributed by atoms with Gasteiger partial charge in [-0.3, -0.25) is 0 Å². The van der Waals surface area contributed by atoms with Crippen LogP contribution in [-0.2, 0) is 9.47 Å². The number of aryl methyl sites for hydroxylation is 1. The molecule has 1 heterocycles. The molecule has 1 spiro atoms. The van der Waals surface area contributed by atoms with E-state index < -0.39 is 0 Å². The predicted octanol–water partition coefficient (Wildman–Crippen LogP) is 2.97. The summed E-state index contributed by atoms with van der Waals surface area (Å²) in [5.74, 6) is -0.311. The number of nitrogens with one attached hydrogen (secondary N) is 1. The number of benzene rings is 1. The van der Waals surface area contributed by atoms with E-state index in [1.165, 1.54) is 10.5 Å². The molecule has 2 aliphatic rings. The van der Waals surface area contributed by atoms with Crippen LogP contribution in [0.5, 0.6) is 0 Å². The van der Waals surface area contributed by atoms with Gasteiger partial charge in [0, 0.05) is 29.0 Å². The molecule has 0 bridgehead atoms. The van der Waals surface area contributed by atoms with Crippen molar-refractivity contribution < 1.29 is 9.47 Å². The highest BCUT2D eigenvalue weighted by Gasteiger charge is 2.45. The predicted molar refractivity (Wildman–Crippen MR) is 82.2 cm³/mol. The highest BCUT2D eigenvalue weighted by Crippen LogP contribution is 2.42. The Labute approximate surface area is 125 Å². The summed E-state index contributed by atoms with van der Waals surface area (Å²) >= 11 is 1.95. The topological polar surface area (TPSA) is 30.5 Å². The van der Waals surface area contributed by atoms with E-state index in [4.69, 9.17) is 9.47 Å². The van der Waals surface area contributed by atoms with Gasteiger partial charge in [0.15, 0.2) is 5.79 Å². The quantitative estimate of drug-likeness (QED) is 0.928. The van der Waals surface area contributed by atoms with E-state index in [1.54, 1.807) is 0 Å². The standard InChI is InChI=1S/C16H23NO2S/c1-12-4-3-5-13(10-12)20-15-11-16(18-8-9-19-16)7-6-14(15)17-2/h3-5,10,14-15,17H,6-9,11H2,1-2H3. The van der Waals surface area contributed by atoms with E-state index >= 15 is 0 Å². The molecule has 2 unspecified atom stereocenters. The SMILES string of the molecule is CNC1CCC2(CC1Sc1cccc(C)c1)OCCO2. The molecule has 2 atom stereocenters. The Hall–Kier alpha value is -0.550. The van der Waals surface area contributed by atoms with Crippen LogP contribution < -0.4 is 5.32 Å². The summed E-state index contributed by atoms with van der Waals surface area (Å²) in [7, 11) is 2.06. The van der Waals surface area contributed by atoms with Crippen LogP contribution in [-0.4, -0.2) is 37.3 Å². The second-order valence-corrected chi connectivity index (χ2v) is 7.03. The van der Waals surface area contributed by atoms with Gasteiger partial charge in [0.05, 0.1) is 13.2 Å². The molecule has 1 saturated heterocycles. The van der Waals surface area contributed by atoms with Gasteiger partial charge >= 0.3 is 0 Å². The minimum Gasteiger partial charge on any atom is -0.347 e. The lowest BCUT2D eigenvalue weighted by Crippen LogP contribution is -2.48. The molecule has 0 radical (unpaired) electrons. The van der Waals surface area contributed by atoms with Gasteiger partial charge in [0.2, 0.25) is 0 Å². The molecule has 1 saturated carbocycles. The number of hydrogen-bond acceptors (Lipinski definition) is 4. The maximum Gasteiger partial charge on any atom is 0.169 e. The fraction of sp³-hybridized carbons (Fsp3) is 0.625. The lowest BCUT2D eigenvalue weighted by atomic mass is 9.89. The van der Waals surface area contributed by atoms with Crippen molar-refractivity contribution in [2.24, 2.45) is 0 Å². The summed E-state index contributed by atoms with van der Waals surface area (Å²) in [6.07, 6.45) is 3.08. The second kappa shape index (κ2) is 6.06. The van der Waals surface area contributed by atoms with Crippen molar-refractivity contribution in [3.8, 4) is 0 Å². The normalized spacial score (nSPS) is 28.9. The Morgan fingerprint density at radius 1 is 1.30 bits per heavy atom. The molecule has 0 aromatic heterocycles. The zero-order valence-electron chi connectivity index (χ0n) is 12.2. The van der Waals surface area contributed by atoms with Gasteiger partial charge in [-0.05, 0) is 32.5 Å². The van der Waals surface area contributed by atoms with Gasteiger partial charge in [-0.2, -0.15) is 0 Å². The van der Waals surface area contributed by atoms with Crippen molar-refractivity contribution in [1.29, 1.82) is 0 Å². The van der Waals surface area contributed by atoms with Crippen LogP contribution in [0.3, 0.4) is 0 Å². The Balaban J connectivity index is 1.74. The first-order valence-electron chi connectivity index (χ1n) is 7.39. The monoisotopic (exact) mass is 293 g/mol. The zero-order chi connectivity index (χ0) is 14.0. The molecule has 110 valence electrons. The Morgan fingerprint density at radius 2 is 2.10 bits per heavy atom. The molecule has 0 amide bonds. The maximum atomic E-state index is 5.90. The summed E-state index contributed by atoms with van der Waals surface area (Å²) in [6, 6.07) is 9.26. The van der Waals surface area contributed by atoms with Crippen LogP contribution in [0.15, 0.2) is 29.2 Å². The number of hydrogen-bond donors (Lipinski definition) is 1. The van der Waals surface area contributed by atoms with Crippen molar-refractivity contribution in [2.75, 3.05) is 20.3 Å². The third kappa shape index (κ3) is 3.03. The molecule has 3 nitrogen and oxygen atoms in total. The average Bonchev–Trinajstić information content (AvgIpc) is 2.87. The molecule has 1 aromatic rings. The highest BCUT2D eigenvalue weighted by molar-refractivity contribution is 8.00. The molecule has 4 heteroatoms. The molecule has 1 N–H and O–H groups in total. The van der Waals surface area contributed by atoms with Gasteiger partial charge < -0.3 is 14.8 Å². The lowest BCUT2D eigenvalue weighted by Gasteiger charge is -2.40. The molecule has 1 aromatic carbocycles. The maximum absolute atomic E-state index is 5.90. The summed E-state index contributed by atoms with van der Waals surface area (Å²) in [4.78, 5) is 1.34. The summed E-state index contributed by atoms with van der Waals surface area (Å²) < 4.78 is 11.8. The largest absolute Gasteiger partial charge is 0.347 e. The minimum absolute atomic E-state index is 0.311. The third-order valence-corrected chi connectivity index (χ3v) is 5.58. The first-order chi connectivity index (χ1) is 9.71. The van der Waals surface area contributed by atoms with Gasteiger partial charge in [-0.15, -0.1) is 11.8 Å². The first kappa shape index (κ1) is 14.4. The van der Waals surface area contributed by atoms with Crippen LogP contribution in [0.25, 0.3) is 0 Å². The molecule has 1 aliphatic carbocycles. The van der Waals surface area contributed by atoms with Crippen LogP contribution >= 0.6 is 11.8 Å². The third-order valence-electron chi connectivity index (χ3n) is 4.26. The van der Waals surface area contributed by atoms with Gasteiger partial charge in [0.1, 0.15) is 0 Å². The molecule has 2 fully saturated rings. The first-order valence-corrected chi connectivity index (χ1v) is 8.27. The molecular weight excluding hydrogens is 270 g/mol. The van der Waals surface area contributed by atoms with E-state index in [1.807, 2.05) is 11.8 Å². The molecule has 3 rings (SSSR count). The van der Waals surface area contributed by atoms with E-state index in [0.29, 0.717) is 11.3 Å². The number of rotatable bonds is 3. The van der Waals surface area contributed by atoms with Crippen molar-refractivity contribution in [2.45, 2.75) is 48.2 Å². The van der Waals surface area contributed by atoms with Crippen LogP contribution in [0, 0.1) is 6.92 Å². The van der Waals surface area contributed by atoms with E-state index in [0.717, 1.165) is 32.5 Å². The van der Waals surface area contributed by atoms with Crippen LogP contribution in [0.2, 0.25) is 0 Å². The Kier molecular flexibility index (Phi) is 4.36. The van der Waals surface area contributed by atoms with E-state index in [-0.39, 0.29) is 5.79 Å². The fourth-order valence-corrected chi connectivity index (χ4v) is 4.72. The minimum atomic E-state index is -0.311. The molecular formula is C16H23NO2S. The summed E-state index contributed by atoms with van der Waals surface area (Å²) in [5.41, 5.74) is 1.31. The second-order valence-electron chi connectivity index (χ2n) is 5.72. The lowest BCUT2D eigenvalue weighted by molar-refractivity contribution is -0.177. The number of thioether (sulfide) groups is 1. The Bertz CT molecular complexity index is 460. The van der Waals surface area contributed by atoms with Crippen molar-refractivity contribution >= 4 is 11.8 Å². The summed E-state index contributed by atoms with van der Waals surface area (Å²) in [6.45, 7) is 3.63. The van der Waals surface area contributed by atoms with E-state index in [2.05, 4.69) is 43.6 Å². The van der Waals surface area contributed by atoms with Gasteiger partial charge in [-0.25, -0.2) is 0 Å². The van der Waals surface area contributed by atoms with Crippen LogP contribution in [0.1, 0.15) is 24.8 Å². The van der Waals surface area contributed by atoms with Crippen molar-refractivity contribution in [3.63, 3.8) is 0 Å². The molecule has 20 heavy (non-hydrogen) atoms. The molecule has 1 aliphatic heterocycles. The fourth-order valence-electron chi connectivity index (χ4n) is 3.19. The Morgan fingerprint density at radius 3 is 2.80 bits per heavy atom.